The number of nitriles is 1. The molecule has 0 fully saturated rings. The quantitative estimate of drug-likeness (QED) is 0.328. The molecular formula is C32H32N2O4. The van der Waals surface area contributed by atoms with Gasteiger partial charge in [-0.2, -0.15) is 5.26 Å². The number of aryl methyl sites for hydroxylation is 1. The van der Waals surface area contributed by atoms with Gasteiger partial charge in [-0.15, -0.1) is 0 Å². The number of aliphatic hydroxyl groups is 1. The average molecular weight is 509 g/mol. The molecule has 0 saturated carbocycles. The van der Waals surface area contributed by atoms with Gasteiger partial charge in [-0.05, 0) is 74.1 Å². The predicted molar refractivity (Wildman–Crippen MR) is 148 cm³/mol. The Morgan fingerprint density at radius 3 is 2.58 bits per heavy atom. The van der Waals surface area contributed by atoms with Gasteiger partial charge in [0.2, 0.25) is 6.79 Å². The minimum atomic E-state index is -1.38. The van der Waals surface area contributed by atoms with E-state index in [1.165, 1.54) is 0 Å². The summed E-state index contributed by atoms with van der Waals surface area (Å²) in [6, 6.07) is 25.8. The number of ether oxygens (including phenoxy) is 3. The van der Waals surface area contributed by atoms with Crippen LogP contribution < -0.4 is 14.2 Å². The third-order valence-electron chi connectivity index (χ3n) is 7.29. The number of hydrogen-bond acceptors (Lipinski definition) is 6. The molecule has 0 spiro atoms. The van der Waals surface area contributed by atoms with Crippen LogP contribution in [0.5, 0.6) is 17.2 Å². The van der Waals surface area contributed by atoms with Crippen LogP contribution in [0.1, 0.15) is 40.2 Å². The second-order valence-electron chi connectivity index (χ2n) is 10.1. The van der Waals surface area contributed by atoms with E-state index in [-0.39, 0.29) is 6.79 Å². The van der Waals surface area contributed by atoms with Crippen LogP contribution in [0.25, 0.3) is 10.8 Å². The highest BCUT2D eigenvalue weighted by Crippen LogP contribution is 2.52. The van der Waals surface area contributed by atoms with Gasteiger partial charge >= 0.3 is 0 Å². The van der Waals surface area contributed by atoms with Crippen molar-refractivity contribution in [3.63, 3.8) is 0 Å². The number of methoxy groups -OCH3 is 1. The Morgan fingerprint density at radius 1 is 1.03 bits per heavy atom. The minimum Gasteiger partial charge on any atom is -0.496 e. The fourth-order valence-corrected chi connectivity index (χ4v) is 5.43. The molecule has 6 nitrogen and oxygen atoms in total. The first-order chi connectivity index (χ1) is 18.3. The highest BCUT2D eigenvalue weighted by molar-refractivity contribution is 5.86. The molecule has 4 aromatic rings. The standard InChI is InChI=1S/C32H32N2O4/c1-21-7-5-8-24(15-21)30(26-17-25-16-22(19-33)11-12-23(25)18-29(26)36-4)32(35,13-14-34(2)3)27-9-6-10-28-31(27)38-20-37-28/h5-12,15-18,30,35H,13-14,20H2,1-4H3/t30-,32-/m1/s1. The molecule has 6 heteroatoms. The van der Waals surface area contributed by atoms with Gasteiger partial charge in [0.15, 0.2) is 11.5 Å². The van der Waals surface area contributed by atoms with Crippen LogP contribution >= 0.6 is 0 Å². The summed E-state index contributed by atoms with van der Waals surface area (Å²) in [6.45, 7) is 2.80. The van der Waals surface area contributed by atoms with E-state index in [4.69, 9.17) is 14.2 Å². The molecule has 2 atom stereocenters. The van der Waals surface area contributed by atoms with Crippen molar-refractivity contribution in [2.24, 2.45) is 0 Å². The summed E-state index contributed by atoms with van der Waals surface area (Å²) >= 11 is 0. The zero-order valence-corrected chi connectivity index (χ0v) is 22.2. The van der Waals surface area contributed by atoms with Gasteiger partial charge in [0.05, 0.1) is 18.7 Å². The Hall–Kier alpha value is -4.05. The zero-order valence-electron chi connectivity index (χ0n) is 22.2. The summed E-state index contributed by atoms with van der Waals surface area (Å²) in [6.07, 6.45) is 0.428. The Balaban J connectivity index is 1.83. The summed E-state index contributed by atoms with van der Waals surface area (Å²) in [5.74, 6) is 1.35. The van der Waals surface area contributed by atoms with Gasteiger partial charge in [-0.25, -0.2) is 0 Å². The first kappa shape index (κ1) is 25.6. The van der Waals surface area contributed by atoms with Crippen molar-refractivity contribution >= 4 is 10.8 Å². The smallest absolute Gasteiger partial charge is 0.231 e. The second-order valence-corrected chi connectivity index (χ2v) is 10.1. The van der Waals surface area contributed by atoms with Crippen molar-refractivity contribution in [3.05, 3.63) is 101 Å². The van der Waals surface area contributed by atoms with Gasteiger partial charge < -0.3 is 24.2 Å². The van der Waals surface area contributed by atoms with Crippen LogP contribution in [0.4, 0.5) is 0 Å². The molecule has 1 N–H and O–H groups in total. The molecule has 0 amide bonds. The first-order valence-corrected chi connectivity index (χ1v) is 12.7. The fraction of sp³-hybridized carbons (Fsp3) is 0.281. The number of nitrogens with zero attached hydrogens (tertiary/aromatic N) is 2. The maximum Gasteiger partial charge on any atom is 0.231 e. The summed E-state index contributed by atoms with van der Waals surface area (Å²) in [4.78, 5) is 2.07. The van der Waals surface area contributed by atoms with E-state index in [0.29, 0.717) is 41.3 Å². The number of fused-ring (bicyclic) bond motifs is 2. The molecule has 1 aliphatic rings. The third kappa shape index (κ3) is 4.67. The highest BCUT2D eigenvalue weighted by Gasteiger charge is 2.45. The Kier molecular flexibility index (Phi) is 6.98. The molecule has 5 rings (SSSR count). The zero-order chi connectivity index (χ0) is 26.9. The van der Waals surface area contributed by atoms with Gasteiger partial charge in [0.1, 0.15) is 11.4 Å². The molecule has 1 aliphatic heterocycles. The second kappa shape index (κ2) is 10.4. The normalized spacial score (nSPS) is 14.8. The molecule has 0 unspecified atom stereocenters. The van der Waals surface area contributed by atoms with E-state index >= 15 is 0 Å². The molecule has 0 bridgehead atoms. The summed E-state index contributed by atoms with van der Waals surface area (Å²) < 4.78 is 17.6. The van der Waals surface area contributed by atoms with Gasteiger partial charge in [0.25, 0.3) is 0 Å². The van der Waals surface area contributed by atoms with Crippen LogP contribution in [-0.4, -0.2) is 44.5 Å². The van der Waals surface area contributed by atoms with E-state index in [1.54, 1.807) is 13.2 Å². The maximum absolute atomic E-state index is 13.0. The number of benzene rings is 4. The van der Waals surface area contributed by atoms with Crippen molar-refractivity contribution in [2.75, 3.05) is 34.5 Å². The Labute approximate surface area is 223 Å². The van der Waals surface area contributed by atoms with E-state index in [2.05, 4.69) is 17.0 Å². The van der Waals surface area contributed by atoms with Gasteiger partial charge in [-0.1, -0.05) is 48.0 Å². The Bertz CT molecular complexity index is 1520. The largest absolute Gasteiger partial charge is 0.496 e. The van der Waals surface area contributed by atoms with Crippen molar-refractivity contribution in [1.29, 1.82) is 5.26 Å². The van der Waals surface area contributed by atoms with E-state index < -0.39 is 11.5 Å². The lowest BCUT2D eigenvalue weighted by Gasteiger charge is -2.39. The minimum absolute atomic E-state index is 0.113. The lowest BCUT2D eigenvalue weighted by atomic mass is 9.70. The van der Waals surface area contributed by atoms with Crippen LogP contribution in [0.3, 0.4) is 0 Å². The summed E-state index contributed by atoms with van der Waals surface area (Å²) in [7, 11) is 5.64. The molecule has 0 saturated heterocycles. The van der Waals surface area contributed by atoms with Crippen LogP contribution in [0.15, 0.2) is 72.8 Å². The molecule has 4 aromatic carbocycles. The SMILES string of the molecule is COc1cc2ccc(C#N)cc2cc1[C@@H](c1cccc(C)c1)[C@@](O)(CCN(C)C)c1cccc2c1OCO2. The molecule has 194 valence electrons. The van der Waals surface area contributed by atoms with Crippen LogP contribution in [0.2, 0.25) is 0 Å². The molecular weight excluding hydrogens is 476 g/mol. The average Bonchev–Trinajstić information content (AvgIpc) is 3.40. The van der Waals surface area contributed by atoms with Gasteiger partial charge in [-0.3, -0.25) is 0 Å². The molecule has 0 aromatic heterocycles. The lowest BCUT2D eigenvalue weighted by molar-refractivity contribution is 0.00164. The molecule has 1 heterocycles. The van der Waals surface area contributed by atoms with Crippen LogP contribution in [-0.2, 0) is 5.60 Å². The number of para-hydroxylation sites is 1. The van der Waals surface area contributed by atoms with E-state index in [0.717, 1.165) is 27.5 Å². The molecule has 0 radical (unpaired) electrons. The Morgan fingerprint density at radius 2 is 1.84 bits per heavy atom. The van der Waals surface area contributed by atoms with Crippen molar-refractivity contribution in [3.8, 4) is 23.3 Å². The van der Waals surface area contributed by atoms with Crippen molar-refractivity contribution < 1.29 is 19.3 Å². The monoisotopic (exact) mass is 508 g/mol. The molecule has 0 aliphatic carbocycles. The predicted octanol–water partition coefficient (Wildman–Crippen LogP) is 5.73. The first-order valence-electron chi connectivity index (χ1n) is 12.7. The third-order valence-corrected chi connectivity index (χ3v) is 7.29. The molecule has 38 heavy (non-hydrogen) atoms. The van der Waals surface area contributed by atoms with Crippen molar-refractivity contribution in [1.82, 2.24) is 4.90 Å². The highest BCUT2D eigenvalue weighted by atomic mass is 16.7. The maximum atomic E-state index is 13.0. The summed E-state index contributed by atoms with van der Waals surface area (Å²) in [5.41, 5.74) is 2.75. The number of hydrogen-bond donors (Lipinski definition) is 1. The topological polar surface area (TPSA) is 75.0 Å². The van der Waals surface area contributed by atoms with E-state index in [9.17, 15) is 10.4 Å². The number of rotatable bonds is 8. The van der Waals surface area contributed by atoms with Crippen LogP contribution in [0, 0.1) is 18.3 Å². The van der Waals surface area contributed by atoms with Gasteiger partial charge in [0, 0.05) is 23.6 Å². The van der Waals surface area contributed by atoms with Crippen molar-refractivity contribution in [2.45, 2.75) is 24.9 Å². The lowest BCUT2D eigenvalue weighted by Crippen LogP contribution is -2.38. The van der Waals surface area contributed by atoms with E-state index in [1.807, 2.05) is 81.7 Å². The summed E-state index contributed by atoms with van der Waals surface area (Å²) in [5, 5.41) is 24.4. The fourth-order valence-electron chi connectivity index (χ4n) is 5.43.